The molecule has 0 aliphatic carbocycles. The van der Waals surface area contributed by atoms with Crippen molar-refractivity contribution in [3.63, 3.8) is 0 Å². The number of nitrogens with zero attached hydrogens (tertiary/aromatic N) is 2. The molecule has 1 amide bonds. The predicted octanol–water partition coefficient (Wildman–Crippen LogP) is 6.29. The Bertz CT molecular complexity index is 1580. The number of thioether (sulfide) groups is 1. The van der Waals surface area contributed by atoms with Crippen molar-refractivity contribution in [2.75, 3.05) is 17.1 Å². The maximum Gasteiger partial charge on any atom is 0.264 e. The lowest BCUT2D eigenvalue weighted by Crippen LogP contribution is -2.39. The highest BCUT2D eigenvalue weighted by atomic mass is 35.5. The number of hydrogen-bond donors (Lipinski definition) is 1. The second-order valence-electron chi connectivity index (χ2n) is 8.80. The Morgan fingerprint density at radius 3 is 2.35 bits per heavy atom. The molecule has 4 aromatic rings. The molecule has 0 aliphatic rings. The summed E-state index contributed by atoms with van der Waals surface area (Å²) in [4.78, 5) is 13.8. The van der Waals surface area contributed by atoms with E-state index >= 15 is 0 Å². The van der Waals surface area contributed by atoms with E-state index in [0.29, 0.717) is 23.1 Å². The average molecular weight is 594 g/mol. The van der Waals surface area contributed by atoms with E-state index in [2.05, 4.69) is 10.5 Å². The Hall–Kier alpha value is -3.79. The van der Waals surface area contributed by atoms with Crippen molar-refractivity contribution >= 4 is 51.2 Å². The number of hydrogen-bond acceptors (Lipinski definition) is 6. The summed E-state index contributed by atoms with van der Waals surface area (Å²) >= 11 is 7.53. The first kappa shape index (κ1) is 29.2. The number of hydrazone groups is 1. The van der Waals surface area contributed by atoms with Crippen molar-refractivity contribution in [3.05, 3.63) is 119 Å². The Labute approximate surface area is 243 Å². The van der Waals surface area contributed by atoms with E-state index in [1.165, 1.54) is 18.0 Å². The average Bonchev–Trinajstić information content (AvgIpc) is 2.96. The minimum absolute atomic E-state index is 0.0971. The molecular formula is C30H28ClN3O4S2. The molecule has 0 unspecified atom stereocenters. The number of ether oxygens (including phenoxy) is 1. The zero-order chi connectivity index (χ0) is 28.5. The number of carbonyl (C=O) groups is 1. The largest absolute Gasteiger partial charge is 0.489 e. The minimum atomic E-state index is -4.01. The third-order valence-electron chi connectivity index (χ3n) is 5.83. The number of rotatable bonds is 11. The summed E-state index contributed by atoms with van der Waals surface area (Å²) in [5.41, 5.74) is 5.47. The fourth-order valence-electron chi connectivity index (χ4n) is 3.69. The molecule has 0 bridgehead atoms. The highest BCUT2D eigenvalue weighted by Crippen LogP contribution is 2.26. The molecule has 206 valence electrons. The molecule has 10 heteroatoms. The first-order valence-electron chi connectivity index (χ1n) is 12.3. The van der Waals surface area contributed by atoms with Crippen LogP contribution in [0.1, 0.15) is 16.7 Å². The number of sulfonamides is 1. The Morgan fingerprint density at radius 2 is 1.70 bits per heavy atom. The van der Waals surface area contributed by atoms with Crippen LogP contribution in [0.3, 0.4) is 0 Å². The fraction of sp³-hybridized carbons (Fsp3) is 0.133. The van der Waals surface area contributed by atoms with Gasteiger partial charge in [-0.25, -0.2) is 13.8 Å². The van der Waals surface area contributed by atoms with Crippen LogP contribution in [-0.2, 0) is 21.4 Å². The van der Waals surface area contributed by atoms with Crippen LogP contribution in [-0.4, -0.2) is 33.3 Å². The van der Waals surface area contributed by atoms with E-state index in [4.69, 9.17) is 16.3 Å². The minimum Gasteiger partial charge on any atom is -0.489 e. The zero-order valence-electron chi connectivity index (χ0n) is 22.0. The maximum absolute atomic E-state index is 13.5. The molecule has 0 saturated heterocycles. The number of benzene rings is 4. The summed E-state index contributed by atoms with van der Waals surface area (Å²) in [6.07, 6.45) is 3.39. The van der Waals surface area contributed by atoms with Gasteiger partial charge in [0.15, 0.2) is 0 Å². The molecule has 0 fully saturated rings. The van der Waals surface area contributed by atoms with Crippen molar-refractivity contribution in [1.29, 1.82) is 0 Å². The van der Waals surface area contributed by atoms with Gasteiger partial charge in [-0.05, 0) is 97.1 Å². The Balaban J connectivity index is 1.41. The van der Waals surface area contributed by atoms with E-state index in [0.717, 1.165) is 25.9 Å². The molecule has 0 heterocycles. The molecule has 0 radical (unpaired) electrons. The Kier molecular flexibility index (Phi) is 9.87. The van der Waals surface area contributed by atoms with Crippen LogP contribution in [0.15, 0.2) is 112 Å². The van der Waals surface area contributed by atoms with Gasteiger partial charge in [0, 0.05) is 9.92 Å². The van der Waals surface area contributed by atoms with Crippen molar-refractivity contribution < 1.29 is 17.9 Å². The van der Waals surface area contributed by atoms with Crippen LogP contribution >= 0.6 is 23.4 Å². The molecule has 4 rings (SSSR count). The van der Waals surface area contributed by atoms with Crippen molar-refractivity contribution in [2.45, 2.75) is 23.3 Å². The van der Waals surface area contributed by atoms with Gasteiger partial charge < -0.3 is 4.74 Å². The number of halogens is 1. The summed E-state index contributed by atoms with van der Waals surface area (Å²) < 4.78 is 33.9. The van der Waals surface area contributed by atoms with E-state index in [9.17, 15) is 13.2 Å². The molecule has 40 heavy (non-hydrogen) atoms. The van der Waals surface area contributed by atoms with Crippen LogP contribution in [0.2, 0.25) is 5.02 Å². The second-order valence-corrected chi connectivity index (χ2v) is 12.0. The molecule has 0 saturated carbocycles. The smallest absolute Gasteiger partial charge is 0.264 e. The summed E-state index contributed by atoms with van der Waals surface area (Å²) in [7, 11) is -4.01. The monoisotopic (exact) mass is 593 g/mol. The van der Waals surface area contributed by atoms with Crippen LogP contribution in [0.4, 0.5) is 5.69 Å². The van der Waals surface area contributed by atoms with E-state index < -0.39 is 22.5 Å². The van der Waals surface area contributed by atoms with Crippen LogP contribution in [0.5, 0.6) is 5.75 Å². The van der Waals surface area contributed by atoms with Gasteiger partial charge in [0.1, 0.15) is 18.9 Å². The lowest BCUT2D eigenvalue weighted by molar-refractivity contribution is -0.119. The van der Waals surface area contributed by atoms with Crippen LogP contribution in [0.25, 0.3) is 0 Å². The summed E-state index contributed by atoms with van der Waals surface area (Å²) in [5.74, 6) is 0.0910. The zero-order valence-corrected chi connectivity index (χ0v) is 24.3. The Morgan fingerprint density at radius 1 is 1.00 bits per heavy atom. The normalized spacial score (nSPS) is 11.4. The molecule has 0 aromatic heterocycles. The van der Waals surface area contributed by atoms with Crippen molar-refractivity contribution in [3.8, 4) is 5.75 Å². The van der Waals surface area contributed by atoms with Gasteiger partial charge in [-0.1, -0.05) is 41.4 Å². The second kappa shape index (κ2) is 13.5. The van der Waals surface area contributed by atoms with Crippen LogP contribution in [0, 0.1) is 6.92 Å². The summed E-state index contributed by atoms with van der Waals surface area (Å²) in [6, 6.07) is 28.1. The highest BCUT2D eigenvalue weighted by molar-refractivity contribution is 7.98. The van der Waals surface area contributed by atoms with Gasteiger partial charge in [-0.3, -0.25) is 9.10 Å². The molecular weight excluding hydrogens is 566 g/mol. The van der Waals surface area contributed by atoms with E-state index in [1.54, 1.807) is 78.9 Å². The van der Waals surface area contributed by atoms with Crippen LogP contribution < -0.4 is 14.5 Å². The van der Waals surface area contributed by atoms with Crippen molar-refractivity contribution in [2.24, 2.45) is 5.10 Å². The summed E-state index contributed by atoms with van der Waals surface area (Å²) in [6.45, 7) is 1.85. The van der Waals surface area contributed by atoms with Crippen molar-refractivity contribution in [1.82, 2.24) is 5.43 Å². The van der Waals surface area contributed by atoms with Gasteiger partial charge in [-0.15, -0.1) is 11.8 Å². The molecule has 0 spiro atoms. The third kappa shape index (κ3) is 7.88. The molecule has 4 aromatic carbocycles. The number of nitrogens with one attached hydrogen (secondary N) is 1. The molecule has 0 aliphatic heterocycles. The topological polar surface area (TPSA) is 88.1 Å². The molecule has 7 nitrogen and oxygen atoms in total. The molecule has 0 atom stereocenters. The van der Waals surface area contributed by atoms with Gasteiger partial charge in [-0.2, -0.15) is 5.10 Å². The highest BCUT2D eigenvalue weighted by Gasteiger charge is 2.27. The lowest BCUT2D eigenvalue weighted by Gasteiger charge is -2.24. The standard InChI is InChI=1S/C30H28ClN3O4S2/c1-22-6-10-26(11-7-22)34(40(36,37)29-16-14-28(39-2)15-17-29)20-30(35)33-32-19-23-8-12-27(13-9-23)38-21-24-4-3-5-25(31)18-24/h3-19H,20-21H2,1-2H3,(H,33,35)/b32-19-. The van der Waals surface area contributed by atoms with E-state index in [1.807, 2.05) is 31.4 Å². The van der Waals surface area contributed by atoms with Gasteiger partial charge in [0.05, 0.1) is 16.8 Å². The fourth-order valence-corrected chi connectivity index (χ4v) is 5.73. The molecule has 1 N–H and O–H groups in total. The predicted molar refractivity (Wildman–Crippen MR) is 162 cm³/mol. The number of anilines is 1. The lowest BCUT2D eigenvalue weighted by atomic mass is 10.2. The van der Waals surface area contributed by atoms with E-state index in [-0.39, 0.29) is 4.90 Å². The van der Waals surface area contributed by atoms with Gasteiger partial charge in [0.25, 0.3) is 15.9 Å². The number of carbonyl (C=O) groups excluding carboxylic acids is 1. The number of amides is 1. The van der Waals surface area contributed by atoms with Gasteiger partial charge >= 0.3 is 0 Å². The van der Waals surface area contributed by atoms with Gasteiger partial charge in [0.2, 0.25) is 0 Å². The SMILES string of the molecule is CSc1ccc(S(=O)(=O)N(CC(=O)N/N=C\c2ccc(OCc3cccc(Cl)c3)cc2)c2ccc(C)cc2)cc1. The number of aryl methyl sites for hydroxylation is 1. The quantitative estimate of drug-likeness (QED) is 0.125. The first-order valence-corrected chi connectivity index (χ1v) is 15.3. The first-order chi connectivity index (χ1) is 19.2. The third-order valence-corrected chi connectivity index (χ3v) is 8.60. The summed E-state index contributed by atoms with van der Waals surface area (Å²) in [5, 5.41) is 4.66. The maximum atomic E-state index is 13.5.